The van der Waals surface area contributed by atoms with Crippen molar-refractivity contribution >= 4 is 58.0 Å². The van der Waals surface area contributed by atoms with Crippen molar-refractivity contribution in [2.75, 3.05) is 4.90 Å². The molecule has 2 heterocycles. The fourth-order valence-electron chi connectivity index (χ4n) is 5.51. The van der Waals surface area contributed by atoms with E-state index in [-0.39, 0.29) is 27.5 Å². The number of halogens is 2. The van der Waals surface area contributed by atoms with Gasteiger partial charge in [0.2, 0.25) is 29.0 Å². The molecule has 1 aliphatic carbocycles. The predicted molar refractivity (Wildman–Crippen MR) is 131 cm³/mol. The quantitative estimate of drug-likeness (QED) is 0.207. The molecule has 2 fully saturated rings. The number of carbonyl (C=O) groups is 4. The van der Waals surface area contributed by atoms with Crippen LogP contribution in [0.1, 0.15) is 32.4 Å². The van der Waals surface area contributed by atoms with E-state index in [1.165, 1.54) is 42.5 Å². The standard InChI is InChI=1S/C26H14Cl2N2O7/c27-12-5-10-17(18(28)11-12)21-19-20(26(37-21)22(31)15-3-1-2-4-16(15)23(26)32)25(34)29(24(19)33)13-6-8-14(9-7-13)30(35)36/h1-11,19-21H/t19-,20+,21+/m0/s1. The first-order valence-corrected chi connectivity index (χ1v) is 11.9. The number of ketones is 2. The highest BCUT2D eigenvalue weighted by Gasteiger charge is 2.74. The lowest BCUT2D eigenvalue weighted by Crippen LogP contribution is -2.51. The molecule has 1 spiro atoms. The lowest BCUT2D eigenvalue weighted by atomic mass is 9.77. The van der Waals surface area contributed by atoms with Gasteiger partial charge < -0.3 is 4.74 Å². The summed E-state index contributed by atoms with van der Waals surface area (Å²) in [5, 5.41) is 11.5. The number of rotatable bonds is 3. The average Bonchev–Trinajstić information content (AvgIpc) is 3.44. The summed E-state index contributed by atoms with van der Waals surface area (Å²) in [5.41, 5.74) is -1.93. The number of anilines is 1. The van der Waals surface area contributed by atoms with Gasteiger partial charge in [-0.1, -0.05) is 53.5 Å². The monoisotopic (exact) mass is 536 g/mol. The van der Waals surface area contributed by atoms with Gasteiger partial charge in [0.25, 0.3) is 5.69 Å². The zero-order valence-electron chi connectivity index (χ0n) is 18.6. The van der Waals surface area contributed by atoms with Gasteiger partial charge in [-0.3, -0.25) is 29.3 Å². The SMILES string of the molecule is O=C1[C@@H]2[C@@H](c3ccc(Cl)cc3Cl)OC3(C(=O)c4ccccc4C3=O)[C@H]2C(=O)N1c1ccc([N+](=O)[O-])cc1. The fraction of sp³-hybridized carbons (Fsp3) is 0.154. The Hall–Kier alpha value is -3.92. The zero-order chi connectivity index (χ0) is 26.2. The van der Waals surface area contributed by atoms with Crippen molar-refractivity contribution in [2.24, 2.45) is 11.8 Å². The second kappa shape index (κ2) is 8.04. The highest BCUT2D eigenvalue weighted by atomic mass is 35.5. The Kier molecular flexibility index (Phi) is 5.10. The molecular weight excluding hydrogens is 523 g/mol. The van der Waals surface area contributed by atoms with Gasteiger partial charge in [-0.05, 0) is 24.3 Å². The molecule has 3 aromatic rings. The number of ether oxygens (including phenoxy) is 1. The fourth-order valence-corrected chi connectivity index (χ4v) is 6.03. The third-order valence-electron chi connectivity index (χ3n) is 7.11. The van der Waals surface area contributed by atoms with E-state index in [0.717, 1.165) is 17.0 Å². The molecule has 9 nitrogen and oxygen atoms in total. The van der Waals surface area contributed by atoms with E-state index in [1.54, 1.807) is 12.1 Å². The number of imide groups is 1. The number of carbonyl (C=O) groups excluding carboxylic acids is 4. The zero-order valence-corrected chi connectivity index (χ0v) is 20.1. The van der Waals surface area contributed by atoms with E-state index in [2.05, 4.69) is 0 Å². The van der Waals surface area contributed by atoms with Crippen molar-refractivity contribution < 1.29 is 28.8 Å². The maximum atomic E-state index is 13.9. The van der Waals surface area contributed by atoms with Crippen molar-refractivity contribution in [3.63, 3.8) is 0 Å². The summed E-state index contributed by atoms with van der Waals surface area (Å²) < 4.78 is 6.18. The van der Waals surface area contributed by atoms with Gasteiger partial charge in [0.05, 0.1) is 28.6 Å². The Balaban J connectivity index is 1.53. The van der Waals surface area contributed by atoms with Gasteiger partial charge in [-0.25, -0.2) is 4.90 Å². The van der Waals surface area contributed by atoms with E-state index < -0.39 is 51.8 Å². The van der Waals surface area contributed by atoms with Crippen LogP contribution in [0.5, 0.6) is 0 Å². The molecule has 3 aromatic carbocycles. The summed E-state index contributed by atoms with van der Waals surface area (Å²) in [6.45, 7) is 0. The molecule has 0 radical (unpaired) electrons. The molecule has 2 aliphatic heterocycles. The maximum Gasteiger partial charge on any atom is 0.269 e. The van der Waals surface area contributed by atoms with Crippen LogP contribution < -0.4 is 4.90 Å². The Morgan fingerprint density at radius 2 is 1.49 bits per heavy atom. The smallest absolute Gasteiger partial charge is 0.269 e. The number of nitro benzene ring substituents is 1. The number of nitrogens with zero attached hydrogens (tertiary/aromatic N) is 2. The highest BCUT2D eigenvalue weighted by molar-refractivity contribution is 6.37. The number of amides is 2. The number of hydrogen-bond acceptors (Lipinski definition) is 7. The number of benzene rings is 3. The van der Waals surface area contributed by atoms with E-state index >= 15 is 0 Å². The normalized spacial score (nSPS) is 23.6. The summed E-state index contributed by atoms with van der Waals surface area (Å²) in [6.07, 6.45) is -1.21. The Bertz CT molecular complexity index is 1530. The third kappa shape index (κ3) is 3.08. The molecule has 6 rings (SSSR count). The summed E-state index contributed by atoms with van der Waals surface area (Å²) >= 11 is 12.5. The minimum Gasteiger partial charge on any atom is -0.349 e. The number of non-ortho nitro benzene ring substituents is 1. The number of Topliss-reactive ketones (excluding diaryl/α,β-unsaturated/α-hetero) is 2. The summed E-state index contributed by atoms with van der Waals surface area (Å²) in [4.78, 5) is 66.5. The number of hydrogen-bond donors (Lipinski definition) is 0. The molecule has 0 aromatic heterocycles. The van der Waals surface area contributed by atoms with Crippen LogP contribution in [-0.2, 0) is 14.3 Å². The lowest BCUT2D eigenvalue weighted by Gasteiger charge is -2.27. The molecule has 0 bridgehead atoms. The van der Waals surface area contributed by atoms with E-state index in [1.807, 2.05) is 0 Å². The largest absolute Gasteiger partial charge is 0.349 e. The Morgan fingerprint density at radius 3 is 2.05 bits per heavy atom. The van der Waals surface area contributed by atoms with Crippen LogP contribution in [0.15, 0.2) is 66.7 Å². The van der Waals surface area contributed by atoms with Crippen LogP contribution in [0.4, 0.5) is 11.4 Å². The highest BCUT2D eigenvalue weighted by Crippen LogP contribution is 2.58. The molecule has 3 aliphatic rings. The molecule has 11 heteroatoms. The Morgan fingerprint density at radius 1 is 0.865 bits per heavy atom. The number of fused-ring (bicyclic) bond motifs is 3. The van der Waals surface area contributed by atoms with Gasteiger partial charge in [0.15, 0.2) is 0 Å². The van der Waals surface area contributed by atoms with E-state index in [4.69, 9.17) is 27.9 Å². The molecule has 2 saturated heterocycles. The second-order valence-electron chi connectivity index (χ2n) is 8.93. The van der Waals surface area contributed by atoms with Crippen molar-refractivity contribution in [1.82, 2.24) is 0 Å². The third-order valence-corrected chi connectivity index (χ3v) is 7.67. The first kappa shape index (κ1) is 23.5. The Labute approximate surface area is 218 Å². The van der Waals surface area contributed by atoms with Crippen LogP contribution in [0.2, 0.25) is 10.0 Å². The summed E-state index contributed by atoms with van der Waals surface area (Å²) in [5.74, 6) is -5.67. The first-order chi connectivity index (χ1) is 17.7. The van der Waals surface area contributed by atoms with E-state index in [9.17, 15) is 29.3 Å². The molecule has 0 unspecified atom stereocenters. The maximum absolute atomic E-state index is 13.9. The lowest BCUT2D eigenvalue weighted by molar-refractivity contribution is -0.384. The summed E-state index contributed by atoms with van der Waals surface area (Å²) in [7, 11) is 0. The average molecular weight is 537 g/mol. The molecular formula is C26H14Cl2N2O7. The molecule has 37 heavy (non-hydrogen) atoms. The summed E-state index contributed by atoms with van der Waals surface area (Å²) in [6, 6.07) is 15.5. The molecule has 0 N–H and O–H groups in total. The van der Waals surface area contributed by atoms with Crippen LogP contribution in [0, 0.1) is 22.0 Å². The van der Waals surface area contributed by atoms with Crippen molar-refractivity contribution in [3.8, 4) is 0 Å². The minimum absolute atomic E-state index is 0.0708. The van der Waals surface area contributed by atoms with Gasteiger partial charge in [0, 0.05) is 38.9 Å². The second-order valence-corrected chi connectivity index (χ2v) is 9.78. The van der Waals surface area contributed by atoms with Crippen molar-refractivity contribution in [3.05, 3.63) is 104 Å². The molecule has 0 saturated carbocycles. The topological polar surface area (TPSA) is 124 Å². The van der Waals surface area contributed by atoms with Crippen LogP contribution in [0.25, 0.3) is 0 Å². The van der Waals surface area contributed by atoms with Gasteiger partial charge in [-0.2, -0.15) is 0 Å². The van der Waals surface area contributed by atoms with Gasteiger partial charge >= 0.3 is 0 Å². The minimum atomic E-state index is -2.26. The molecule has 184 valence electrons. The first-order valence-electron chi connectivity index (χ1n) is 11.1. The number of nitro groups is 1. The molecule has 3 atom stereocenters. The molecule has 2 amide bonds. The van der Waals surface area contributed by atoms with E-state index in [0.29, 0.717) is 10.6 Å². The van der Waals surface area contributed by atoms with Crippen LogP contribution >= 0.6 is 23.2 Å². The van der Waals surface area contributed by atoms with Crippen molar-refractivity contribution in [2.45, 2.75) is 11.7 Å². The van der Waals surface area contributed by atoms with Crippen LogP contribution in [-0.4, -0.2) is 33.9 Å². The van der Waals surface area contributed by atoms with Crippen LogP contribution in [0.3, 0.4) is 0 Å². The van der Waals surface area contributed by atoms with Crippen molar-refractivity contribution in [1.29, 1.82) is 0 Å². The van der Waals surface area contributed by atoms with Gasteiger partial charge in [0.1, 0.15) is 0 Å². The van der Waals surface area contributed by atoms with Gasteiger partial charge in [-0.15, -0.1) is 0 Å². The predicted octanol–water partition coefficient (Wildman–Crippen LogP) is 4.60.